The van der Waals surface area contributed by atoms with E-state index in [0.29, 0.717) is 23.4 Å². The molecule has 0 aliphatic carbocycles. The number of anilines is 1. The molecule has 0 saturated carbocycles. The van der Waals surface area contributed by atoms with E-state index in [2.05, 4.69) is 5.32 Å². The molecule has 2 N–H and O–H groups in total. The number of carbonyl (C=O) groups is 1. The van der Waals surface area contributed by atoms with Crippen molar-refractivity contribution in [2.24, 2.45) is 0 Å². The molecule has 0 unspecified atom stereocenters. The molecule has 0 aromatic heterocycles. The van der Waals surface area contributed by atoms with E-state index in [1.54, 1.807) is 25.1 Å². The molecule has 0 spiro atoms. The predicted molar refractivity (Wildman–Crippen MR) is 67.6 cm³/mol. The van der Waals surface area contributed by atoms with Crippen molar-refractivity contribution >= 4 is 11.7 Å². The number of nitriles is 1. The molecule has 1 aromatic rings. The monoisotopic (exact) mass is 246 g/mol. The second kappa shape index (κ2) is 6.30. The number of ether oxygens (including phenoxy) is 1. The number of carboxylic acid groups (broad SMARTS) is 1. The van der Waals surface area contributed by atoms with Crippen LogP contribution in [0.1, 0.15) is 12.5 Å². The highest BCUT2D eigenvalue weighted by Gasteiger charge is 2.04. The van der Waals surface area contributed by atoms with Gasteiger partial charge in [-0.25, -0.2) is 4.79 Å². The van der Waals surface area contributed by atoms with Crippen LogP contribution in [0.15, 0.2) is 29.8 Å². The Hall–Kier alpha value is -2.48. The first-order valence-electron chi connectivity index (χ1n) is 5.29. The summed E-state index contributed by atoms with van der Waals surface area (Å²) in [6.45, 7) is 2.12. The van der Waals surface area contributed by atoms with Gasteiger partial charge in [-0.2, -0.15) is 5.26 Å². The van der Waals surface area contributed by atoms with Gasteiger partial charge in [-0.3, -0.25) is 0 Å². The highest BCUT2D eigenvalue weighted by atomic mass is 16.5. The maximum atomic E-state index is 10.5. The zero-order chi connectivity index (χ0) is 13.5. The van der Waals surface area contributed by atoms with Gasteiger partial charge in [0.1, 0.15) is 5.75 Å². The Labute approximate surface area is 105 Å². The van der Waals surface area contributed by atoms with Crippen LogP contribution in [0.5, 0.6) is 5.75 Å². The third-order valence-electron chi connectivity index (χ3n) is 2.26. The number of hydrogen-bond acceptors (Lipinski definition) is 4. The molecule has 5 heteroatoms. The lowest BCUT2D eigenvalue weighted by Crippen LogP contribution is -2.06. The van der Waals surface area contributed by atoms with Crippen molar-refractivity contribution in [1.29, 1.82) is 5.26 Å². The van der Waals surface area contributed by atoms with Crippen molar-refractivity contribution in [2.75, 3.05) is 19.0 Å². The van der Waals surface area contributed by atoms with Crippen molar-refractivity contribution in [3.63, 3.8) is 0 Å². The molecule has 0 aliphatic heterocycles. The second-order valence-corrected chi connectivity index (χ2v) is 3.71. The number of nitrogens with one attached hydrogen (secondary N) is 1. The van der Waals surface area contributed by atoms with Crippen LogP contribution >= 0.6 is 0 Å². The van der Waals surface area contributed by atoms with Crippen LogP contribution in [0.4, 0.5) is 5.69 Å². The van der Waals surface area contributed by atoms with Crippen LogP contribution in [0.25, 0.3) is 0 Å². The standard InChI is InChI=1S/C13H14N2O3/c1-9(5-13(16)17)8-15-11-4-3-10(7-14)6-12(11)18-2/h3-6,15H,8H2,1-2H3,(H,16,17)/b9-5+. The third-order valence-corrected chi connectivity index (χ3v) is 2.26. The average molecular weight is 246 g/mol. The van der Waals surface area contributed by atoms with Crippen molar-refractivity contribution in [3.05, 3.63) is 35.4 Å². The number of benzene rings is 1. The second-order valence-electron chi connectivity index (χ2n) is 3.71. The van der Waals surface area contributed by atoms with Gasteiger partial charge in [0.15, 0.2) is 0 Å². The van der Waals surface area contributed by atoms with E-state index in [4.69, 9.17) is 15.1 Å². The normalized spacial score (nSPS) is 10.6. The van der Waals surface area contributed by atoms with Crippen molar-refractivity contribution < 1.29 is 14.6 Å². The van der Waals surface area contributed by atoms with Gasteiger partial charge in [0.25, 0.3) is 0 Å². The van der Waals surface area contributed by atoms with E-state index in [9.17, 15) is 4.79 Å². The molecular formula is C13H14N2O3. The number of hydrogen-bond donors (Lipinski definition) is 2. The number of methoxy groups -OCH3 is 1. The first-order chi connectivity index (χ1) is 8.56. The molecule has 0 aliphatic rings. The van der Waals surface area contributed by atoms with Crippen molar-refractivity contribution in [3.8, 4) is 11.8 Å². The van der Waals surface area contributed by atoms with E-state index < -0.39 is 5.97 Å². The van der Waals surface area contributed by atoms with Crippen LogP contribution in [0.2, 0.25) is 0 Å². The Morgan fingerprint density at radius 3 is 2.89 bits per heavy atom. The Kier molecular flexibility index (Phi) is 4.76. The van der Waals surface area contributed by atoms with Gasteiger partial charge >= 0.3 is 5.97 Å². The van der Waals surface area contributed by atoms with Gasteiger partial charge in [-0.15, -0.1) is 0 Å². The van der Waals surface area contributed by atoms with Gasteiger partial charge in [-0.05, 0) is 24.6 Å². The first-order valence-corrected chi connectivity index (χ1v) is 5.29. The molecule has 0 saturated heterocycles. The molecule has 18 heavy (non-hydrogen) atoms. The fourth-order valence-corrected chi connectivity index (χ4v) is 1.40. The summed E-state index contributed by atoms with van der Waals surface area (Å²) in [5, 5.41) is 20.4. The van der Waals surface area contributed by atoms with E-state index in [1.807, 2.05) is 6.07 Å². The molecule has 94 valence electrons. The zero-order valence-electron chi connectivity index (χ0n) is 10.2. The summed E-state index contributed by atoms with van der Waals surface area (Å²) in [6, 6.07) is 7.04. The summed E-state index contributed by atoms with van der Waals surface area (Å²) in [5.74, 6) is -0.418. The summed E-state index contributed by atoms with van der Waals surface area (Å²) in [7, 11) is 1.52. The summed E-state index contributed by atoms with van der Waals surface area (Å²) >= 11 is 0. The molecule has 0 radical (unpaired) electrons. The van der Waals surface area contributed by atoms with Crippen LogP contribution in [-0.2, 0) is 4.79 Å². The first kappa shape index (κ1) is 13.6. The number of carboxylic acids is 1. The molecule has 1 aromatic carbocycles. The largest absolute Gasteiger partial charge is 0.495 e. The van der Waals surface area contributed by atoms with Crippen LogP contribution in [-0.4, -0.2) is 24.7 Å². The summed E-state index contributed by atoms with van der Waals surface area (Å²) in [4.78, 5) is 10.5. The maximum Gasteiger partial charge on any atom is 0.328 e. The molecule has 1 rings (SSSR count). The quantitative estimate of drug-likeness (QED) is 0.776. The average Bonchev–Trinajstić information content (AvgIpc) is 2.35. The number of rotatable bonds is 5. The highest BCUT2D eigenvalue weighted by Crippen LogP contribution is 2.25. The predicted octanol–water partition coefficient (Wildman–Crippen LogP) is 2.01. The highest BCUT2D eigenvalue weighted by molar-refractivity contribution is 5.80. The Morgan fingerprint density at radius 2 is 2.33 bits per heavy atom. The van der Waals surface area contributed by atoms with E-state index >= 15 is 0 Å². The maximum absolute atomic E-state index is 10.5. The molecule has 0 heterocycles. The Bertz CT molecular complexity index is 515. The van der Waals surface area contributed by atoms with E-state index in [0.717, 1.165) is 11.8 Å². The Morgan fingerprint density at radius 1 is 1.61 bits per heavy atom. The van der Waals surface area contributed by atoms with Gasteiger partial charge in [0.2, 0.25) is 0 Å². The van der Waals surface area contributed by atoms with Crippen molar-refractivity contribution in [1.82, 2.24) is 0 Å². The molecular weight excluding hydrogens is 232 g/mol. The van der Waals surface area contributed by atoms with Gasteiger partial charge < -0.3 is 15.2 Å². The smallest absolute Gasteiger partial charge is 0.328 e. The molecule has 0 atom stereocenters. The lowest BCUT2D eigenvalue weighted by Gasteiger charge is -2.11. The fourth-order valence-electron chi connectivity index (χ4n) is 1.40. The van der Waals surface area contributed by atoms with E-state index in [1.165, 1.54) is 7.11 Å². The van der Waals surface area contributed by atoms with Crippen LogP contribution in [0, 0.1) is 11.3 Å². The third kappa shape index (κ3) is 3.83. The minimum absolute atomic E-state index is 0.397. The molecule has 0 fully saturated rings. The van der Waals surface area contributed by atoms with Gasteiger partial charge in [0.05, 0.1) is 24.4 Å². The van der Waals surface area contributed by atoms with E-state index in [-0.39, 0.29) is 0 Å². The van der Waals surface area contributed by atoms with Gasteiger partial charge in [-0.1, -0.05) is 0 Å². The summed E-state index contributed by atoms with van der Waals surface area (Å²) in [6.07, 6.45) is 1.14. The van der Waals surface area contributed by atoms with Crippen LogP contribution < -0.4 is 10.1 Å². The minimum atomic E-state index is -0.971. The summed E-state index contributed by atoms with van der Waals surface area (Å²) < 4.78 is 5.15. The lowest BCUT2D eigenvalue weighted by atomic mass is 10.2. The molecule has 0 amide bonds. The zero-order valence-corrected chi connectivity index (χ0v) is 10.2. The molecule has 5 nitrogen and oxygen atoms in total. The topological polar surface area (TPSA) is 82.3 Å². The van der Waals surface area contributed by atoms with Crippen LogP contribution in [0.3, 0.4) is 0 Å². The Balaban J connectivity index is 2.79. The summed E-state index contributed by atoms with van der Waals surface area (Å²) in [5.41, 5.74) is 1.92. The minimum Gasteiger partial charge on any atom is -0.495 e. The number of nitrogens with zero attached hydrogens (tertiary/aromatic N) is 1. The molecule has 0 bridgehead atoms. The fraction of sp³-hybridized carbons (Fsp3) is 0.231. The van der Waals surface area contributed by atoms with Gasteiger partial charge in [0, 0.05) is 18.7 Å². The lowest BCUT2D eigenvalue weighted by molar-refractivity contribution is -0.131. The number of aliphatic carboxylic acids is 1. The SMILES string of the molecule is COc1cc(C#N)ccc1NC/C(C)=C/C(=O)O. The van der Waals surface area contributed by atoms with Crippen molar-refractivity contribution in [2.45, 2.75) is 6.92 Å².